The van der Waals surface area contributed by atoms with E-state index in [1.807, 2.05) is 6.92 Å². The molecular weight excluding hydrogens is 156 g/mol. The molecule has 1 amide bonds. The molecule has 12 heavy (non-hydrogen) atoms. The van der Waals surface area contributed by atoms with E-state index in [4.69, 9.17) is 10.5 Å². The largest absolute Gasteiger partial charge is 0.380 e. The molecule has 0 rings (SSSR count). The van der Waals surface area contributed by atoms with Gasteiger partial charge in [0, 0.05) is 19.5 Å². The summed E-state index contributed by atoms with van der Waals surface area (Å²) in [6, 6.07) is 0. The predicted molar refractivity (Wildman–Crippen MR) is 47.8 cm³/mol. The van der Waals surface area contributed by atoms with Crippen LogP contribution in [0.4, 0.5) is 0 Å². The van der Waals surface area contributed by atoms with E-state index in [0.717, 1.165) is 13.0 Å². The van der Waals surface area contributed by atoms with Gasteiger partial charge in [-0.15, -0.1) is 0 Å². The van der Waals surface area contributed by atoms with Gasteiger partial charge >= 0.3 is 0 Å². The van der Waals surface area contributed by atoms with Crippen LogP contribution in [0.3, 0.4) is 0 Å². The number of carbonyl (C=O) groups is 1. The highest BCUT2D eigenvalue weighted by atomic mass is 16.5. The Kier molecular flexibility index (Phi) is 8.05. The maximum Gasteiger partial charge on any atom is 0.222 e. The average molecular weight is 174 g/mol. The molecular formula is C8H18N2O2. The van der Waals surface area contributed by atoms with E-state index >= 15 is 0 Å². The zero-order valence-electron chi connectivity index (χ0n) is 7.64. The first-order valence-corrected chi connectivity index (χ1v) is 4.35. The second-order valence-corrected chi connectivity index (χ2v) is 2.50. The Morgan fingerprint density at radius 2 is 2.25 bits per heavy atom. The molecule has 3 N–H and O–H groups in total. The lowest BCUT2D eigenvalue weighted by atomic mass is 10.4. The van der Waals surface area contributed by atoms with Crippen LogP contribution < -0.4 is 11.1 Å². The molecule has 0 aromatic rings. The van der Waals surface area contributed by atoms with Crippen molar-refractivity contribution in [2.24, 2.45) is 5.73 Å². The molecule has 0 aliphatic carbocycles. The predicted octanol–water partition coefficient (Wildman–Crippen LogP) is -0.122. The second-order valence-electron chi connectivity index (χ2n) is 2.50. The quantitative estimate of drug-likeness (QED) is 0.529. The van der Waals surface area contributed by atoms with E-state index in [1.165, 1.54) is 0 Å². The van der Waals surface area contributed by atoms with Gasteiger partial charge in [-0.05, 0) is 6.42 Å². The molecule has 0 atom stereocenters. The number of carbonyl (C=O) groups excluding carboxylic acids is 1. The molecule has 0 unspecified atom stereocenters. The van der Waals surface area contributed by atoms with Crippen LogP contribution in [0.5, 0.6) is 0 Å². The number of hydrogen-bond donors (Lipinski definition) is 2. The van der Waals surface area contributed by atoms with Crippen LogP contribution in [0.15, 0.2) is 0 Å². The molecule has 0 aromatic carbocycles. The molecule has 4 heteroatoms. The lowest BCUT2D eigenvalue weighted by molar-refractivity contribution is -0.122. The van der Waals surface area contributed by atoms with Gasteiger partial charge in [-0.1, -0.05) is 6.92 Å². The van der Waals surface area contributed by atoms with Gasteiger partial charge in [0.25, 0.3) is 0 Å². The Balaban J connectivity index is 3.08. The van der Waals surface area contributed by atoms with E-state index in [2.05, 4.69) is 5.32 Å². The van der Waals surface area contributed by atoms with Gasteiger partial charge in [0.1, 0.15) is 0 Å². The Hall–Kier alpha value is -0.610. The zero-order valence-corrected chi connectivity index (χ0v) is 7.64. The number of hydrogen-bond acceptors (Lipinski definition) is 3. The Morgan fingerprint density at radius 3 is 2.83 bits per heavy atom. The zero-order chi connectivity index (χ0) is 9.23. The standard InChI is InChI=1S/C8H18N2O2/c1-2-5-10-8(11)3-6-12-7-4-9/h2-7,9H2,1H3,(H,10,11). The Labute approximate surface area is 73.5 Å². The minimum absolute atomic E-state index is 0.0499. The van der Waals surface area contributed by atoms with Crippen molar-refractivity contribution in [1.29, 1.82) is 0 Å². The van der Waals surface area contributed by atoms with Gasteiger partial charge in [0.05, 0.1) is 13.2 Å². The van der Waals surface area contributed by atoms with Crippen LogP contribution in [-0.4, -0.2) is 32.2 Å². The average Bonchev–Trinajstić information content (AvgIpc) is 2.09. The van der Waals surface area contributed by atoms with Crippen molar-refractivity contribution in [1.82, 2.24) is 5.32 Å². The summed E-state index contributed by atoms with van der Waals surface area (Å²) in [6.07, 6.45) is 1.40. The van der Waals surface area contributed by atoms with E-state index < -0.39 is 0 Å². The summed E-state index contributed by atoms with van der Waals surface area (Å²) in [6.45, 7) is 4.27. The maximum absolute atomic E-state index is 10.9. The first-order valence-electron chi connectivity index (χ1n) is 4.35. The van der Waals surface area contributed by atoms with Crippen LogP contribution in [0.1, 0.15) is 19.8 Å². The van der Waals surface area contributed by atoms with Crippen molar-refractivity contribution < 1.29 is 9.53 Å². The molecule has 72 valence electrons. The normalized spacial score (nSPS) is 9.83. The third kappa shape index (κ3) is 7.50. The van der Waals surface area contributed by atoms with E-state index in [0.29, 0.717) is 26.2 Å². The van der Waals surface area contributed by atoms with Gasteiger partial charge in [-0.2, -0.15) is 0 Å². The van der Waals surface area contributed by atoms with E-state index in [-0.39, 0.29) is 5.91 Å². The Bertz CT molecular complexity index is 118. The number of nitrogens with two attached hydrogens (primary N) is 1. The van der Waals surface area contributed by atoms with E-state index in [1.54, 1.807) is 0 Å². The van der Waals surface area contributed by atoms with Gasteiger partial charge in [-0.3, -0.25) is 4.79 Å². The summed E-state index contributed by atoms with van der Waals surface area (Å²) in [7, 11) is 0. The SMILES string of the molecule is CCCNC(=O)CCOCCN. The highest BCUT2D eigenvalue weighted by Crippen LogP contribution is 1.82. The highest BCUT2D eigenvalue weighted by Gasteiger charge is 1.98. The summed E-state index contributed by atoms with van der Waals surface area (Å²) < 4.78 is 5.05. The summed E-state index contributed by atoms with van der Waals surface area (Å²) >= 11 is 0. The van der Waals surface area contributed by atoms with Gasteiger partial charge in [0.2, 0.25) is 5.91 Å². The van der Waals surface area contributed by atoms with Crippen LogP contribution in [0.25, 0.3) is 0 Å². The first-order chi connectivity index (χ1) is 5.81. The van der Waals surface area contributed by atoms with Crippen molar-refractivity contribution >= 4 is 5.91 Å². The fourth-order valence-electron chi connectivity index (χ4n) is 0.703. The van der Waals surface area contributed by atoms with Crippen LogP contribution >= 0.6 is 0 Å². The minimum atomic E-state index is 0.0499. The molecule has 0 spiro atoms. The molecule has 0 saturated carbocycles. The summed E-state index contributed by atoms with van der Waals surface area (Å²) in [4.78, 5) is 10.9. The van der Waals surface area contributed by atoms with Crippen molar-refractivity contribution in [3.8, 4) is 0 Å². The lowest BCUT2D eigenvalue weighted by Gasteiger charge is -2.03. The highest BCUT2D eigenvalue weighted by molar-refractivity contribution is 5.75. The molecule has 4 nitrogen and oxygen atoms in total. The van der Waals surface area contributed by atoms with Crippen molar-refractivity contribution in [3.05, 3.63) is 0 Å². The van der Waals surface area contributed by atoms with Crippen LogP contribution in [0.2, 0.25) is 0 Å². The van der Waals surface area contributed by atoms with E-state index in [9.17, 15) is 4.79 Å². The molecule has 0 aromatic heterocycles. The minimum Gasteiger partial charge on any atom is -0.380 e. The summed E-state index contributed by atoms with van der Waals surface area (Å²) in [5.74, 6) is 0.0499. The van der Waals surface area contributed by atoms with Crippen molar-refractivity contribution in [2.75, 3.05) is 26.3 Å². The summed E-state index contributed by atoms with van der Waals surface area (Å²) in [5.41, 5.74) is 5.20. The third-order valence-electron chi connectivity index (χ3n) is 1.31. The van der Waals surface area contributed by atoms with Crippen molar-refractivity contribution in [2.45, 2.75) is 19.8 Å². The third-order valence-corrected chi connectivity index (χ3v) is 1.31. The lowest BCUT2D eigenvalue weighted by Crippen LogP contribution is -2.25. The number of amides is 1. The molecule has 0 aliphatic rings. The molecule has 0 radical (unpaired) electrons. The fourth-order valence-corrected chi connectivity index (χ4v) is 0.703. The maximum atomic E-state index is 10.9. The fraction of sp³-hybridized carbons (Fsp3) is 0.875. The summed E-state index contributed by atoms with van der Waals surface area (Å²) in [5, 5.41) is 2.76. The Morgan fingerprint density at radius 1 is 1.50 bits per heavy atom. The molecule has 0 aliphatic heterocycles. The van der Waals surface area contributed by atoms with Gasteiger partial charge in [0.15, 0.2) is 0 Å². The number of rotatable bonds is 7. The van der Waals surface area contributed by atoms with Gasteiger partial charge < -0.3 is 15.8 Å². The van der Waals surface area contributed by atoms with Crippen LogP contribution in [-0.2, 0) is 9.53 Å². The number of ether oxygens (including phenoxy) is 1. The first kappa shape index (κ1) is 11.4. The molecule has 0 fully saturated rings. The second kappa shape index (κ2) is 8.49. The molecule has 0 saturated heterocycles. The molecule has 0 heterocycles. The topological polar surface area (TPSA) is 64.3 Å². The number of nitrogens with one attached hydrogen (secondary N) is 1. The smallest absolute Gasteiger partial charge is 0.222 e. The van der Waals surface area contributed by atoms with Crippen molar-refractivity contribution in [3.63, 3.8) is 0 Å². The van der Waals surface area contributed by atoms with Crippen LogP contribution in [0, 0.1) is 0 Å². The van der Waals surface area contributed by atoms with Gasteiger partial charge in [-0.25, -0.2) is 0 Å². The molecule has 0 bridgehead atoms. The monoisotopic (exact) mass is 174 g/mol.